The predicted octanol–water partition coefficient (Wildman–Crippen LogP) is 4.84. The molecule has 10 aromatic rings. The van der Waals surface area contributed by atoms with Gasteiger partial charge in [0.05, 0.1) is 55.6 Å². The van der Waals surface area contributed by atoms with Crippen molar-refractivity contribution in [1.82, 2.24) is 0 Å². The van der Waals surface area contributed by atoms with Gasteiger partial charge in [0.2, 0.25) is 41.1 Å². The standard InChI is InChI=1S/C76H52O46.Zn/c77-32-1-22(2-33(78)53(32)92)67(103)113-47-16-27(11-42(87)58(47)97)66(102)112-21-52-63(119-72(108)28-12-43(88)59(98)48(17-28)114-68(104)23-3-34(79)54(93)35(80)4-23)64(120-73(109)29-13-44(89)60(99)49(18-29)115-69(105)24-5-36(81)55(94)37(82)6-24)65(121-74(110)30-14-45(90)61(100)50(19-30)116-70(106)25-7-38(83)56(95)39(84)8-25)76(118-52)122-75(111)31-15-46(91)62(101)51(20-31)117-71(107)26-9-40(85)57(96)41(86)10-26;/h1-20,52,63-65,76-101H,21H2;/q;+2/t52-,63-,64+,65-,76+;/m1./s1. The Morgan fingerprint density at radius 1 is 0.211 bits per heavy atom. The predicted molar refractivity (Wildman–Crippen MR) is 383 cm³/mol. The zero-order valence-electron chi connectivity index (χ0n) is 60.6. The van der Waals surface area contributed by atoms with Gasteiger partial charge in [0.1, 0.15) is 12.7 Å². The molecule has 632 valence electrons. The van der Waals surface area contributed by atoms with Gasteiger partial charge in [-0.25, -0.2) is 47.9 Å². The van der Waals surface area contributed by atoms with Gasteiger partial charge in [0.15, 0.2) is 156 Å². The maximum Gasteiger partial charge on any atom is 2.00 e. The minimum absolute atomic E-state index is 0. The first-order chi connectivity index (χ1) is 57.4. The van der Waals surface area contributed by atoms with Crippen molar-refractivity contribution in [2.24, 2.45) is 0 Å². The Bertz CT molecular complexity index is 5980. The summed E-state index contributed by atoms with van der Waals surface area (Å²) in [5.74, 6) is -56.0. The molecule has 1 heterocycles. The Morgan fingerprint density at radius 3 is 0.602 bits per heavy atom. The van der Waals surface area contributed by atoms with Gasteiger partial charge in [-0.1, -0.05) is 0 Å². The molecule has 0 unspecified atom stereocenters. The van der Waals surface area contributed by atoms with Crippen LogP contribution in [0.4, 0.5) is 0 Å². The molecule has 0 saturated carbocycles. The van der Waals surface area contributed by atoms with Crippen LogP contribution in [0.3, 0.4) is 0 Å². The Balaban J connectivity index is 0.0000158. The first-order valence-corrected chi connectivity index (χ1v) is 33.2. The van der Waals surface area contributed by atoms with E-state index < -0.39 is 325 Å². The van der Waals surface area contributed by atoms with Crippen molar-refractivity contribution in [3.63, 3.8) is 0 Å². The summed E-state index contributed by atoms with van der Waals surface area (Å²) in [6.07, 6.45) is -15.1. The van der Waals surface area contributed by atoms with Crippen molar-refractivity contribution < 1.29 is 247 Å². The number of hydrogen-bond acceptors (Lipinski definition) is 46. The van der Waals surface area contributed by atoms with Crippen molar-refractivity contribution in [1.29, 1.82) is 0 Å². The third kappa shape index (κ3) is 18.5. The molecule has 25 N–H and O–H groups in total. The molecule has 0 aromatic heterocycles. The molecule has 46 nitrogen and oxygen atoms in total. The number of carbonyl (C=O) groups excluding carboxylic acids is 10. The summed E-state index contributed by atoms with van der Waals surface area (Å²) in [5.41, 5.74) is -9.89. The van der Waals surface area contributed by atoms with Crippen LogP contribution in [0.25, 0.3) is 0 Å². The fraction of sp³-hybridized carbons (Fsp3) is 0.0789. The second-order valence-corrected chi connectivity index (χ2v) is 25.1. The zero-order valence-corrected chi connectivity index (χ0v) is 63.6. The van der Waals surface area contributed by atoms with E-state index in [1.165, 1.54) is 0 Å². The minimum atomic E-state index is -3.12. The molecule has 0 spiro atoms. The summed E-state index contributed by atoms with van der Waals surface area (Å²) in [6.45, 7) is -1.71. The number of hydrogen-bond donors (Lipinski definition) is 25. The van der Waals surface area contributed by atoms with Crippen LogP contribution in [0.15, 0.2) is 121 Å². The van der Waals surface area contributed by atoms with Crippen molar-refractivity contribution in [2.45, 2.75) is 30.7 Å². The van der Waals surface area contributed by atoms with E-state index in [4.69, 9.17) is 52.1 Å². The van der Waals surface area contributed by atoms with Crippen LogP contribution in [-0.4, -0.2) is 225 Å². The fourth-order valence-electron chi connectivity index (χ4n) is 10.8. The van der Waals surface area contributed by atoms with E-state index in [2.05, 4.69) is 0 Å². The molecular weight excluding hydrogens is 1710 g/mol. The van der Waals surface area contributed by atoms with Crippen LogP contribution in [0.1, 0.15) is 104 Å². The summed E-state index contributed by atoms with van der Waals surface area (Å²) in [6, 6.07) is 8.56. The van der Waals surface area contributed by atoms with Gasteiger partial charge in [-0.2, -0.15) is 0 Å². The Labute approximate surface area is 690 Å². The number of esters is 10. The van der Waals surface area contributed by atoms with Crippen molar-refractivity contribution >= 4 is 59.7 Å². The molecule has 0 radical (unpaired) electrons. The molecule has 1 aliphatic rings. The van der Waals surface area contributed by atoms with Gasteiger partial charge in [0, 0.05) is 0 Å². The van der Waals surface area contributed by atoms with E-state index in [1.807, 2.05) is 0 Å². The van der Waals surface area contributed by atoms with E-state index in [0.29, 0.717) is 121 Å². The molecule has 10 aromatic carbocycles. The quantitative estimate of drug-likeness (QED) is 0.0150. The number of phenolic OH excluding ortho intramolecular Hbond substituents is 25. The number of carbonyl (C=O) groups is 10. The Kier molecular flexibility index (Phi) is 24.8. The molecule has 0 amide bonds. The SMILES string of the molecule is O=C(OC[C@H]1O[C@@H](OC(=O)c2cc(O)c(O)c(OC(=O)c3cc(O)c(O)c(O)c3)c2)[C@H](OC(=O)c2cc(O)c(O)c(OC(=O)c3cc(O)c(O)c(O)c3)c2)[C@@H](OC(=O)c2cc(O)c(O)c(OC(=O)c3cc(O)c(O)c(O)c3)c2)[C@@H]1OC(=O)c1cc(O)c(O)c(OC(=O)c2cc(O)c(O)c(O)c2)c1)c1cc(O)c(O)c(OC(=O)c2cc(O)c(O)c(O)c2)c1.[Zn+2]. The van der Waals surface area contributed by atoms with E-state index in [1.54, 1.807) is 0 Å². The van der Waals surface area contributed by atoms with E-state index in [-0.39, 0.29) is 19.5 Å². The average Bonchev–Trinajstić information content (AvgIpc) is 0.764. The molecule has 1 fully saturated rings. The van der Waals surface area contributed by atoms with Crippen LogP contribution in [0, 0.1) is 0 Å². The first-order valence-electron chi connectivity index (χ1n) is 33.2. The average molecular weight is 1770 g/mol. The van der Waals surface area contributed by atoms with E-state index in [9.17, 15) is 161 Å². The van der Waals surface area contributed by atoms with Gasteiger partial charge in [-0.3, -0.25) is 0 Å². The number of phenols is 25. The molecule has 1 saturated heterocycles. The third-order valence-electron chi connectivity index (χ3n) is 16.9. The second-order valence-electron chi connectivity index (χ2n) is 25.1. The van der Waals surface area contributed by atoms with Crippen molar-refractivity contribution in [2.75, 3.05) is 6.61 Å². The maximum atomic E-state index is 15.3. The Morgan fingerprint density at radius 2 is 0.382 bits per heavy atom. The van der Waals surface area contributed by atoms with Gasteiger partial charge in [0.25, 0.3) is 0 Å². The molecule has 47 heteroatoms. The first kappa shape index (κ1) is 87.9. The Hall–Kier alpha value is -17.5. The summed E-state index contributed by atoms with van der Waals surface area (Å²) >= 11 is 0. The van der Waals surface area contributed by atoms with Gasteiger partial charge < -0.3 is 180 Å². The molecule has 0 bridgehead atoms. The fourth-order valence-corrected chi connectivity index (χ4v) is 10.8. The summed E-state index contributed by atoms with van der Waals surface area (Å²) < 4.78 is 60.4. The topological polar surface area (TPSA) is 778 Å². The van der Waals surface area contributed by atoms with Crippen molar-refractivity contribution in [3.05, 3.63) is 177 Å². The normalized spacial score (nSPS) is 14.5. The number of aromatic hydroxyl groups is 25. The molecule has 0 aliphatic carbocycles. The number of rotatable bonds is 21. The van der Waals surface area contributed by atoms with Crippen molar-refractivity contribution in [3.8, 4) is 172 Å². The van der Waals surface area contributed by atoms with Crippen LogP contribution in [0.5, 0.6) is 172 Å². The molecule has 123 heavy (non-hydrogen) atoms. The maximum absolute atomic E-state index is 15.3. The summed E-state index contributed by atoms with van der Waals surface area (Å²) in [4.78, 5) is 142. The summed E-state index contributed by atoms with van der Waals surface area (Å²) in [5, 5.41) is 261. The second kappa shape index (κ2) is 34.7. The number of benzene rings is 10. The van der Waals surface area contributed by atoms with Gasteiger partial charge in [-0.05, 0) is 121 Å². The minimum Gasteiger partial charge on any atom is -0.504 e. The largest absolute Gasteiger partial charge is 2.00 e. The molecule has 11 rings (SSSR count). The van der Waals surface area contributed by atoms with Crippen LogP contribution >= 0.6 is 0 Å². The molecular formula is C76H52O46Zn+2. The molecule has 5 atom stereocenters. The van der Waals surface area contributed by atoms with Crippen LogP contribution < -0.4 is 23.7 Å². The smallest absolute Gasteiger partial charge is 0.504 e. The number of ether oxygens (including phenoxy) is 11. The molecule has 1 aliphatic heterocycles. The zero-order chi connectivity index (χ0) is 89.4. The van der Waals surface area contributed by atoms with Gasteiger partial charge >= 0.3 is 79.2 Å². The third-order valence-corrected chi connectivity index (χ3v) is 16.9. The van der Waals surface area contributed by atoms with Crippen LogP contribution in [-0.2, 0) is 47.9 Å². The van der Waals surface area contributed by atoms with Gasteiger partial charge in [-0.15, -0.1) is 0 Å². The van der Waals surface area contributed by atoms with Crippen LogP contribution in [0.2, 0.25) is 0 Å². The van der Waals surface area contributed by atoms with E-state index >= 15 is 14.4 Å². The van der Waals surface area contributed by atoms with E-state index in [0.717, 1.165) is 0 Å². The monoisotopic (exact) mass is 1760 g/mol. The summed E-state index contributed by atoms with van der Waals surface area (Å²) in [7, 11) is 0.